The lowest BCUT2D eigenvalue weighted by Crippen LogP contribution is -2.16. The molecular weight excluding hydrogens is 330 g/mol. The van der Waals surface area contributed by atoms with Gasteiger partial charge in [-0.1, -0.05) is 60.7 Å². The van der Waals surface area contributed by atoms with E-state index >= 15 is 0 Å². The Morgan fingerprint density at radius 2 is 1.72 bits per heavy atom. The number of fused-ring (bicyclic) bond motifs is 1. The van der Waals surface area contributed by atoms with Gasteiger partial charge < -0.3 is 0 Å². The number of nitrogens with zero attached hydrogens (tertiary/aromatic N) is 3. The maximum absolute atomic E-state index is 13.0. The van der Waals surface area contributed by atoms with Crippen molar-refractivity contribution in [1.82, 2.24) is 9.66 Å². The summed E-state index contributed by atoms with van der Waals surface area (Å²) in [6.45, 7) is 2.02. The van der Waals surface area contributed by atoms with E-state index in [0.717, 1.165) is 26.4 Å². The number of hydrogen-bond acceptors (Lipinski definition) is 4. The van der Waals surface area contributed by atoms with Gasteiger partial charge in [0.15, 0.2) is 0 Å². The molecule has 0 unspecified atom stereocenters. The van der Waals surface area contributed by atoms with Gasteiger partial charge in [0.05, 0.1) is 11.6 Å². The molecule has 0 fully saturated rings. The van der Waals surface area contributed by atoms with Gasteiger partial charge in [0.2, 0.25) is 0 Å². The van der Waals surface area contributed by atoms with Crippen LogP contribution in [-0.4, -0.2) is 15.9 Å². The summed E-state index contributed by atoms with van der Waals surface area (Å²) in [7, 11) is 0. The molecule has 0 spiro atoms. The molecular formula is C20H15N3OS. The number of rotatable bonds is 3. The van der Waals surface area contributed by atoms with E-state index in [0.29, 0.717) is 5.39 Å². The third-order valence-corrected chi connectivity index (χ3v) is 4.98. The van der Waals surface area contributed by atoms with Crippen LogP contribution in [0.5, 0.6) is 0 Å². The molecule has 0 aliphatic heterocycles. The molecule has 0 saturated carbocycles. The smallest absolute Gasteiger partial charge is 0.267 e. The molecule has 2 aromatic carbocycles. The van der Waals surface area contributed by atoms with Crippen molar-refractivity contribution >= 4 is 27.8 Å². The quantitative estimate of drug-likeness (QED) is 0.519. The van der Waals surface area contributed by atoms with Gasteiger partial charge in [-0.25, -0.2) is 4.98 Å². The van der Waals surface area contributed by atoms with Gasteiger partial charge in [-0.15, -0.1) is 11.3 Å². The van der Waals surface area contributed by atoms with Gasteiger partial charge >= 0.3 is 0 Å². The van der Waals surface area contributed by atoms with Crippen molar-refractivity contribution in [3.63, 3.8) is 0 Å². The van der Waals surface area contributed by atoms with Crippen molar-refractivity contribution in [1.29, 1.82) is 0 Å². The van der Waals surface area contributed by atoms with E-state index in [1.165, 1.54) is 22.3 Å². The Kier molecular flexibility index (Phi) is 3.99. The van der Waals surface area contributed by atoms with Crippen molar-refractivity contribution in [3.05, 3.63) is 87.8 Å². The summed E-state index contributed by atoms with van der Waals surface area (Å²) in [4.78, 5) is 19.2. The lowest BCUT2D eigenvalue weighted by atomic mass is 10.0. The average Bonchev–Trinajstić information content (AvgIpc) is 2.99. The molecule has 122 valence electrons. The monoisotopic (exact) mass is 345 g/mol. The Morgan fingerprint density at radius 3 is 2.44 bits per heavy atom. The van der Waals surface area contributed by atoms with Crippen LogP contribution in [0.3, 0.4) is 0 Å². The van der Waals surface area contributed by atoms with Crippen LogP contribution in [0.25, 0.3) is 21.3 Å². The molecule has 0 amide bonds. The zero-order valence-electron chi connectivity index (χ0n) is 13.6. The maximum atomic E-state index is 13.0. The summed E-state index contributed by atoms with van der Waals surface area (Å²) < 4.78 is 1.30. The molecule has 4 rings (SSSR count). The zero-order valence-corrected chi connectivity index (χ0v) is 14.4. The van der Waals surface area contributed by atoms with Crippen LogP contribution >= 0.6 is 11.3 Å². The predicted molar refractivity (Wildman–Crippen MR) is 103 cm³/mol. The molecule has 0 saturated heterocycles. The van der Waals surface area contributed by atoms with Crippen molar-refractivity contribution in [2.45, 2.75) is 6.92 Å². The molecule has 0 N–H and O–H groups in total. The first-order chi connectivity index (χ1) is 12.2. The standard InChI is InChI=1S/C20H15N3OS/c1-14-17(16-10-6-3-7-11-16)18-19(25-14)21-13-23(20(18)24)22-12-15-8-4-2-5-9-15/h2-13H,1H3/b22-12-. The first-order valence-corrected chi connectivity index (χ1v) is 8.71. The SMILES string of the molecule is Cc1sc2ncn(/N=C\c3ccccc3)c(=O)c2c1-c1ccccc1. The molecule has 0 radical (unpaired) electrons. The average molecular weight is 345 g/mol. The van der Waals surface area contributed by atoms with Gasteiger partial charge in [0, 0.05) is 10.4 Å². The first-order valence-electron chi connectivity index (χ1n) is 7.89. The fourth-order valence-electron chi connectivity index (χ4n) is 2.80. The minimum atomic E-state index is -0.152. The van der Waals surface area contributed by atoms with E-state index in [2.05, 4.69) is 10.1 Å². The molecule has 0 aliphatic carbocycles. The van der Waals surface area contributed by atoms with Crippen molar-refractivity contribution in [2.75, 3.05) is 0 Å². The molecule has 0 aliphatic rings. The van der Waals surface area contributed by atoms with E-state index in [1.54, 1.807) is 6.21 Å². The van der Waals surface area contributed by atoms with E-state index in [1.807, 2.05) is 67.6 Å². The normalized spacial score (nSPS) is 11.4. The third kappa shape index (κ3) is 2.90. The summed E-state index contributed by atoms with van der Waals surface area (Å²) >= 11 is 1.53. The van der Waals surface area contributed by atoms with Crippen molar-refractivity contribution < 1.29 is 0 Å². The number of thiophene rings is 1. The highest BCUT2D eigenvalue weighted by Gasteiger charge is 2.16. The number of hydrogen-bond donors (Lipinski definition) is 0. The molecule has 4 aromatic rings. The summed E-state index contributed by atoms with van der Waals surface area (Å²) in [5.41, 5.74) is 2.75. The number of aromatic nitrogens is 2. The van der Waals surface area contributed by atoms with Crippen LogP contribution in [0, 0.1) is 6.92 Å². The second-order valence-electron chi connectivity index (χ2n) is 5.63. The van der Waals surface area contributed by atoms with Crippen LogP contribution in [-0.2, 0) is 0 Å². The third-order valence-electron chi connectivity index (χ3n) is 3.97. The topological polar surface area (TPSA) is 47.2 Å². The van der Waals surface area contributed by atoms with E-state index in [-0.39, 0.29) is 5.56 Å². The van der Waals surface area contributed by atoms with Gasteiger partial charge in [0.1, 0.15) is 11.2 Å². The van der Waals surface area contributed by atoms with Crippen LogP contribution in [0.4, 0.5) is 0 Å². The fraction of sp³-hybridized carbons (Fsp3) is 0.0500. The zero-order chi connectivity index (χ0) is 17.2. The Morgan fingerprint density at radius 1 is 1.04 bits per heavy atom. The Bertz CT molecular complexity index is 1110. The highest BCUT2D eigenvalue weighted by molar-refractivity contribution is 7.19. The van der Waals surface area contributed by atoms with Gasteiger partial charge in [-0.3, -0.25) is 4.79 Å². The Labute approximate surface area is 148 Å². The van der Waals surface area contributed by atoms with Crippen LogP contribution < -0.4 is 5.56 Å². The highest BCUT2D eigenvalue weighted by atomic mass is 32.1. The minimum absolute atomic E-state index is 0.152. The predicted octanol–water partition coefficient (Wildman–Crippen LogP) is 4.32. The summed E-state index contributed by atoms with van der Waals surface area (Å²) in [5, 5.41) is 4.92. The molecule has 2 aromatic heterocycles. The largest absolute Gasteiger partial charge is 0.283 e. The Balaban J connectivity index is 1.88. The van der Waals surface area contributed by atoms with Crippen LogP contribution in [0.15, 0.2) is 76.9 Å². The minimum Gasteiger partial charge on any atom is -0.267 e. The molecule has 0 atom stereocenters. The number of aryl methyl sites for hydroxylation is 1. The highest BCUT2D eigenvalue weighted by Crippen LogP contribution is 2.35. The second kappa shape index (κ2) is 6.45. The van der Waals surface area contributed by atoms with E-state index < -0.39 is 0 Å². The summed E-state index contributed by atoms with van der Waals surface area (Å²) in [6.07, 6.45) is 3.14. The first kappa shape index (κ1) is 15.5. The number of benzene rings is 2. The summed E-state index contributed by atoms with van der Waals surface area (Å²) in [5.74, 6) is 0. The Hall–Kier alpha value is -3.05. The second-order valence-corrected chi connectivity index (χ2v) is 6.83. The van der Waals surface area contributed by atoms with Crippen molar-refractivity contribution in [3.8, 4) is 11.1 Å². The maximum Gasteiger partial charge on any atom is 0.283 e. The van der Waals surface area contributed by atoms with Gasteiger partial charge in [-0.2, -0.15) is 9.78 Å². The van der Waals surface area contributed by atoms with Gasteiger partial charge in [-0.05, 0) is 18.1 Å². The lowest BCUT2D eigenvalue weighted by molar-refractivity contribution is 0.819. The van der Waals surface area contributed by atoms with Gasteiger partial charge in [0.25, 0.3) is 5.56 Å². The van der Waals surface area contributed by atoms with E-state index in [9.17, 15) is 4.79 Å². The summed E-state index contributed by atoms with van der Waals surface area (Å²) in [6, 6.07) is 19.6. The van der Waals surface area contributed by atoms with Crippen molar-refractivity contribution in [2.24, 2.45) is 5.10 Å². The molecule has 4 nitrogen and oxygen atoms in total. The molecule has 0 bridgehead atoms. The lowest BCUT2D eigenvalue weighted by Gasteiger charge is -2.02. The van der Waals surface area contributed by atoms with Crippen LogP contribution in [0.2, 0.25) is 0 Å². The molecule has 5 heteroatoms. The molecule has 25 heavy (non-hydrogen) atoms. The molecule has 2 heterocycles. The fourth-order valence-corrected chi connectivity index (χ4v) is 3.80. The van der Waals surface area contributed by atoms with E-state index in [4.69, 9.17) is 0 Å². The van der Waals surface area contributed by atoms with Crippen LogP contribution in [0.1, 0.15) is 10.4 Å².